The van der Waals surface area contributed by atoms with E-state index in [1.165, 1.54) is 18.2 Å². The van der Waals surface area contributed by atoms with E-state index in [9.17, 15) is 14.0 Å². The number of urea groups is 1. The zero-order valence-electron chi connectivity index (χ0n) is 12.4. The molecule has 120 valence electrons. The number of carbonyl (C=O) groups is 2. The molecule has 0 saturated carbocycles. The lowest BCUT2D eigenvalue weighted by molar-refractivity contribution is -0.121. The molecule has 0 bridgehead atoms. The van der Waals surface area contributed by atoms with Gasteiger partial charge in [0.15, 0.2) is 0 Å². The molecule has 3 amide bonds. The molecule has 9 heteroatoms. The molecule has 0 atom stereocenters. The van der Waals surface area contributed by atoms with E-state index in [1.807, 2.05) is 0 Å². The number of imide groups is 1. The van der Waals surface area contributed by atoms with Gasteiger partial charge in [-0.15, -0.1) is 16.8 Å². The van der Waals surface area contributed by atoms with Crippen LogP contribution >= 0.6 is 0 Å². The Morgan fingerprint density at radius 3 is 2.91 bits per heavy atom. The number of rotatable bonds is 5. The maximum atomic E-state index is 13.2. The molecule has 1 aromatic carbocycles. The maximum absolute atomic E-state index is 13.2. The lowest BCUT2D eigenvalue weighted by Crippen LogP contribution is -2.41. The van der Waals surface area contributed by atoms with Crippen molar-refractivity contribution in [1.82, 2.24) is 30.8 Å². The number of halogens is 1. The summed E-state index contributed by atoms with van der Waals surface area (Å²) in [4.78, 5) is 24.0. The van der Waals surface area contributed by atoms with Crippen molar-refractivity contribution < 1.29 is 14.0 Å². The van der Waals surface area contributed by atoms with Crippen molar-refractivity contribution in [2.45, 2.75) is 13.5 Å². The van der Waals surface area contributed by atoms with Crippen LogP contribution in [0.25, 0.3) is 11.4 Å². The minimum absolute atomic E-state index is 0.245. The van der Waals surface area contributed by atoms with E-state index in [1.54, 1.807) is 13.0 Å². The fourth-order valence-corrected chi connectivity index (χ4v) is 1.71. The third-order valence-corrected chi connectivity index (χ3v) is 2.81. The van der Waals surface area contributed by atoms with Crippen LogP contribution in [0.4, 0.5) is 9.18 Å². The van der Waals surface area contributed by atoms with E-state index >= 15 is 0 Å². The van der Waals surface area contributed by atoms with Crippen LogP contribution in [0.15, 0.2) is 30.9 Å². The molecule has 0 aliphatic heterocycles. The molecule has 0 aliphatic rings. The first-order chi connectivity index (χ1) is 11.0. The van der Waals surface area contributed by atoms with Crippen molar-refractivity contribution in [3.05, 3.63) is 42.2 Å². The number of hydrogen-bond donors (Lipinski definition) is 2. The smallest absolute Gasteiger partial charge is 0.321 e. The minimum Gasteiger partial charge on any atom is -0.334 e. The largest absolute Gasteiger partial charge is 0.334 e. The predicted octanol–water partition coefficient (Wildman–Crippen LogP) is 0.799. The molecule has 1 aromatic heterocycles. The highest BCUT2D eigenvalue weighted by Gasteiger charge is 2.12. The van der Waals surface area contributed by atoms with E-state index in [2.05, 4.69) is 32.6 Å². The molecule has 0 spiro atoms. The van der Waals surface area contributed by atoms with Gasteiger partial charge in [-0.2, -0.15) is 4.80 Å². The first kappa shape index (κ1) is 16.3. The van der Waals surface area contributed by atoms with Gasteiger partial charge >= 0.3 is 6.03 Å². The van der Waals surface area contributed by atoms with Crippen molar-refractivity contribution in [3.8, 4) is 11.4 Å². The van der Waals surface area contributed by atoms with E-state index in [-0.39, 0.29) is 24.7 Å². The summed E-state index contributed by atoms with van der Waals surface area (Å²) in [6, 6.07) is 3.78. The van der Waals surface area contributed by atoms with Crippen molar-refractivity contribution in [3.63, 3.8) is 0 Å². The average molecular weight is 318 g/mol. The third kappa shape index (κ3) is 4.43. The second-order valence-corrected chi connectivity index (χ2v) is 4.65. The van der Waals surface area contributed by atoms with Gasteiger partial charge in [0.2, 0.25) is 5.82 Å². The first-order valence-corrected chi connectivity index (χ1v) is 6.72. The Balaban J connectivity index is 1.99. The van der Waals surface area contributed by atoms with Crippen LogP contribution in [0.3, 0.4) is 0 Å². The summed E-state index contributed by atoms with van der Waals surface area (Å²) in [6.45, 7) is 5.04. The number of aryl methyl sites for hydroxylation is 1. The lowest BCUT2D eigenvalue weighted by atomic mass is 10.1. The van der Waals surface area contributed by atoms with Gasteiger partial charge in [-0.05, 0) is 35.9 Å². The topological polar surface area (TPSA) is 102 Å². The highest BCUT2D eigenvalue weighted by atomic mass is 19.1. The summed E-state index contributed by atoms with van der Waals surface area (Å²) in [5.74, 6) is -0.658. The van der Waals surface area contributed by atoms with Crippen LogP contribution in [-0.2, 0) is 11.3 Å². The molecule has 2 aromatic rings. The molecular formula is C14H15FN6O2. The maximum Gasteiger partial charge on any atom is 0.321 e. The fraction of sp³-hybridized carbons (Fsp3) is 0.214. The molecule has 8 nitrogen and oxygen atoms in total. The first-order valence-electron chi connectivity index (χ1n) is 6.72. The highest BCUT2D eigenvalue weighted by Crippen LogP contribution is 2.17. The quantitative estimate of drug-likeness (QED) is 0.794. The molecule has 2 N–H and O–H groups in total. The highest BCUT2D eigenvalue weighted by molar-refractivity contribution is 5.94. The molecule has 2 rings (SSSR count). The van der Waals surface area contributed by atoms with Gasteiger partial charge in [-0.25, -0.2) is 9.18 Å². The number of hydrogen-bond acceptors (Lipinski definition) is 5. The molecule has 0 saturated heterocycles. The van der Waals surface area contributed by atoms with Crippen LogP contribution in [0.2, 0.25) is 0 Å². The van der Waals surface area contributed by atoms with Gasteiger partial charge in [-0.1, -0.05) is 6.08 Å². The number of tetrazole rings is 1. The molecule has 0 aliphatic carbocycles. The predicted molar refractivity (Wildman–Crippen MR) is 79.7 cm³/mol. The van der Waals surface area contributed by atoms with Crippen molar-refractivity contribution in [2.75, 3.05) is 6.54 Å². The van der Waals surface area contributed by atoms with Crippen LogP contribution in [0, 0.1) is 12.7 Å². The van der Waals surface area contributed by atoms with Gasteiger partial charge in [-0.3, -0.25) is 10.1 Å². The number of aromatic nitrogens is 4. The van der Waals surface area contributed by atoms with Gasteiger partial charge in [0.1, 0.15) is 12.4 Å². The zero-order chi connectivity index (χ0) is 16.8. The van der Waals surface area contributed by atoms with Crippen LogP contribution in [0.5, 0.6) is 0 Å². The monoisotopic (exact) mass is 318 g/mol. The fourth-order valence-electron chi connectivity index (χ4n) is 1.71. The van der Waals surface area contributed by atoms with Crippen LogP contribution in [-0.4, -0.2) is 38.7 Å². The molecular weight excluding hydrogens is 303 g/mol. The Morgan fingerprint density at radius 2 is 2.22 bits per heavy atom. The average Bonchev–Trinajstić information content (AvgIpc) is 2.96. The normalized spacial score (nSPS) is 10.2. The summed E-state index contributed by atoms with van der Waals surface area (Å²) < 4.78 is 13.2. The van der Waals surface area contributed by atoms with E-state index in [0.29, 0.717) is 11.1 Å². The third-order valence-electron chi connectivity index (χ3n) is 2.81. The van der Waals surface area contributed by atoms with E-state index < -0.39 is 11.9 Å². The van der Waals surface area contributed by atoms with Gasteiger partial charge in [0.25, 0.3) is 5.91 Å². The van der Waals surface area contributed by atoms with E-state index in [0.717, 1.165) is 4.80 Å². The second kappa shape index (κ2) is 7.25. The molecule has 1 heterocycles. The summed E-state index contributed by atoms with van der Waals surface area (Å²) >= 11 is 0. The Labute approximate surface area is 131 Å². The van der Waals surface area contributed by atoms with Gasteiger partial charge in [0, 0.05) is 12.1 Å². The molecule has 0 radical (unpaired) electrons. The zero-order valence-corrected chi connectivity index (χ0v) is 12.4. The van der Waals surface area contributed by atoms with Crippen molar-refractivity contribution >= 4 is 11.9 Å². The number of carbonyl (C=O) groups excluding carboxylic acids is 2. The second-order valence-electron chi connectivity index (χ2n) is 4.65. The summed E-state index contributed by atoms with van der Waals surface area (Å²) in [5, 5.41) is 16.1. The SMILES string of the molecule is C=CCNC(=O)NC(=O)Cn1nnc(-c2ccc(F)c(C)c2)n1. The summed E-state index contributed by atoms with van der Waals surface area (Å²) in [7, 11) is 0. The molecule has 0 fully saturated rings. The number of nitrogens with zero attached hydrogens (tertiary/aromatic N) is 4. The molecule has 0 unspecified atom stereocenters. The lowest BCUT2D eigenvalue weighted by Gasteiger charge is -2.03. The number of amides is 3. The van der Waals surface area contributed by atoms with E-state index in [4.69, 9.17) is 0 Å². The van der Waals surface area contributed by atoms with Crippen molar-refractivity contribution in [1.29, 1.82) is 0 Å². The minimum atomic E-state index is -0.635. The Morgan fingerprint density at radius 1 is 1.43 bits per heavy atom. The summed E-state index contributed by atoms with van der Waals surface area (Å²) in [6.07, 6.45) is 1.49. The molecule has 23 heavy (non-hydrogen) atoms. The summed E-state index contributed by atoms with van der Waals surface area (Å²) in [5.41, 5.74) is 1.04. The Hall–Kier alpha value is -3.10. The van der Waals surface area contributed by atoms with Gasteiger partial charge < -0.3 is 5.32 Å². The number of benzene rings is 1. The Kier molecular flexibility index (Phi) is 5.13. The Bertz CT molecular complexity index is 743. The van der Waals surface area contributed by atoms with Crippen molar-refractivity contribution in [2.24, 2.45) is 0 Å². The number of nitrogens with one attached hydrogen (secondary N) is 2. The standard InChI is InChI=1S/C14H15FN6O2/c1-3-6-16-14(23)17-12(22)8-21-19-13(18-20-21)10-4-5-11(15)9(2)7-10/h3-5,7H,1,6,8H2,2H3,(H2,16,17,22,23). The van der Waals surface area contributed by atoms with Crippen LogP contribution in [0.1, 0.15) is 5.56 Å². The van der Waals surface area contributed by atoms with Gasteiger partial charge in [0.05, 0.1) is 0 Å². The van der Waals surface area contributed by atoms with Crippen LogP contribution < -0.4 is 10.6 Å².